The van der Waals surface area contributed by atoms with Gasteiger partial charge in [-0.05, 0) is 29.8 Å². The van der Waals surface area contributed by atoms with Crippen LogP contribution in [0.5, 0.6) is 0 Å². The molecule has 0 saturated carbocycles. The molecule has 0 aliphatic carbocycles. The fourth-order valence-corrected chi connectivity index (χ4v) is 2.43. The maximum atomic E-state index is 13.4. The number of ether oxygens (including phenoxy) is 1. The molecule has 0 aliphatic heterocycles. The van der Waals surface area contributed by atoms with E-state index in [0.717, 1.165) is 12.1 Å². The van der Waals surface area contributed by atoms with Crippen LogP contribution < -0.4 is 11.1 Å². The largest absolute Gasteiger partial charge is 0.465 e. The van der Waals surface area contributed by atoms with E-state index in [0.29, 0.717) is 0 Å². The highest BCUT2D eigenvalue weighted by atomic mass is 19.1. The quantitative estimate of drug-likeness (QED) is 0.416. The van der Waals surface area contributed by atoms with Gasteiger partial charge < -0.3 is 15.8 Å². The molecule has 2 amide bonds. The van der Waals surface area contributed by atoms with Crippen molar-refractivity contribution in [2.24, 2.45) is 5.73 Å². The first-order valence-electron chi connectivity index (χ1n) is 7.94. The second-order valence-electron chi connectivity index (χ2n) is 5.75. The van der Waals surface area contributed by atoms with Gasteiger partial charge in [-0.1, -0.05) is 12.1 Å². The van der Waals surface area contributed by atoms with Gasteiger partial charge in [-0.25, -0.2) is 4.79 Å². The summed E-state index contributed by atoms with van der Waals surface area (Å²) in [5.41, 5.74) is 5.01. The predicted octanol–water partition coefficient (Wildman–Crippen LogP) is 1.35. The first-order valence-corrected chi connectivity index (χ1v) is 7.94. The van der Waals surface area contributed by atoms with Gasteiger partial charge in [0.25, 0.3) is 5.91 Å². The number of nitrogens with one attached hydrogen (secondary N) is 1. The van der Waals surface area contributed by atoms with Crippen LogP contribution in [0, 0.1) is 15.9 Å². The number of hydrogen-bond donors (Lipinski definition) is 2. The van der Waals surface area contributed by atoms with Crippen LogP contribution in [0.1, 0.15) is 26.3 Å². The fourth-order valence-electron chi connectivity index (χ4n) is 2.43. The first-order chi connectivity index (χ1) is 13.2. The average Bonchev–Trinajstić information content (AvgIpc) is 2.67. The molecule has 0 aliphatic rings. The van der Waals surface area contributed by atoms with Crippen molar-refractivity contribution in [3.05, 3.63) is 75.1 Å². The molecule has 2 aromatic carbocycles. The number of esters is 1. The summed E-state index contributed by atoms with van der Waals surface area (Å²) in [4.78, 5) is 45.6. The maximum absolute atomic E-state index is 13.4. The number of nitrogens with two attached hydrogens (primary N) is 1. The molecular formula is C18H16FN3O6. The molecule has 0 unspecified atom stereocenters. The molecule has 0 bridgehead atoms. The first kappa shape index (κ1) is 20.5. The zero-order valence-corrected chi connectivity index (χ0v) is 14.7. The Morgan fingerprint density at radius 3 is 2.50 bits per heavy atom. The molecule has 9 nitrogen and oxygen atoms in total. The van der Waals surface area contributed by atoms with Crippen molar-refractivity contribution in [3.63, 3.8) is 0 Å². The van der Waals surface area contributed by atoms with Crippen LogP contribution in [0.4, 0.5) is 10.1 Å². The van der Waals surface area contributed by atoms with Gasteiger partial charge in [-0.15, -0.1) is 0 Å². The van der Waals surface area contributed by atoms with Crippen LogP contribution in [0.15, 0.2) is 42.5 Å². The zero-order valence-electron chi connectivity index (χ0n) is 14.7. The Morgan fingerprint density at radius 1 is 1.21 bits per heavy atom. The van der Waals surface area contributed by atoms with Crippen molar-refractivity contribution in [2.45, 2.75) is 12.5 Å². The molecule has 2 rings (SSSR count). The molecule has 2 aromatic rings. The average molecular weight is 389 g/mol. The standard InChI is InChI=1S/C18H16FN3O6/c1-28-18(25)12-4-2-3-11(9-12)17(24)21-14(16(20)23)7-10-5-6-13(19)15(8-10)22(26)27/h2-6,8-9,14H,7H2,1H3,(H2,20,23)(H,21,24)/t14-/m1/s1. The Kier molecular flexibility index (Phi) is 6.38. The molecule has 3 N–H and O–H groups in total. The van der Waals surface area contributed by atoms with E-state index < -0.39 is 40.3 Å². The minimum absolute atomic E-state index is 0.0826. The summed E-state index contributed by atoms with van der Waals surface area (Å²) in [6, 6.07) is 7.52. The van der Waals surface area contributed by atoms with Crippen LogP contribution in [-0.2, 0) is 16.0 Å². The number of nitrogens with zero attached hydrogens (tertiary/aromatic N) is 1. The lowest BCUT2D eigenvalue weighted by Crippen LogP contribution is -2.45. The molecule has 1 atom stereocenters. The Bertz CT molecular complexity index is 947. The van der Waals surface area contributed by atoms with E-state index in [9.17, 15) is 28.9 Å². The Hall–Kier alpha value is -3.82. The molecule has 0 fully saturated rings. The van der Waals surface area contributed by atoms with E-state index in [1.165, 1.54) is 37.4 Å². The number of benzene rings is 2. The van der Waals surface area contributed by atoms with E-state index in [-0.39, 0.29) is 23.1 Å². The lowest BCUT2D eigenvalue weighted by molar-refractivity contribution is -0.387. The van der Waals surface area contributed by atoms with Gasteiger partial charge in [-0.2, -0.15) is 4.39 Å². The van der Waals surface area contributed by atoms with Crippen molar-refractivity contribution in [3.8, 4) is 0 Å². The number of methoxy groups -OCH3 is 1. The van der Waals surface area contributed by atoms with Crippen LogP contribution >= 0.6 is 0 Å². The Morgan fingerprint density at radius 2 is 1.89 bits per heavy atom. The number of nitro benzene ring substituents is 1. The highest BCUT2D eigenvalue weighted by Crippen LogP contribution is 2.19. The SMILES string of the molecule is COC(=O)c1cccc(C(=O)N[C@H](Cc2ccc(F)c([N+](=O)[O-])c2)C(N)=O)c1. The van der Waals surface area contributed by atoms with E-state index in [1.54, 1.807) is 0 Å². The summed E-state index contributed by atoms with van der Waals surface area (Å²) >= 11 is 0. The van der Waals surface area contributed by atoms with Crippen molar-refractivity contribution in [1.82, 2.24) is 5.32 Å². The predicted molar refractivity (Wildman–Crippen MR) is 95.0 cm³/mol. The molecule has 0 spiro atoms. The van der Waals surface area contributed by atoms with Crippen molar-refractivity contribution in [2.75, 3.05) is 7.11 Å². The number of carbonyl (C=O) groups is 3. The minimum Gasteiger partial charge on any atom is -0.465 e. The summed E-state index contributed by atoms with van der Waals surface area (Å²) in [7, 11) is 1.19. The monoisotopic (exact) mass is 389 g/mol. The van der Waals surface area contributed by atoms with Gasteiger partial charge in [0.05, 0.1) is 17.6 Å². The van der Waals surface area contributed by atoms with Gasteiger partial charge in [0.1, 0.15) is 6.04 Å². The molecular weight excluding hydrogens is 373 g/mol. The highest BCUT2D eigenvalue weighted by Gasteiger charge is 2.22. The molecule has 0 saturated heterocycles. The van der Waals surface area contributed by atoms with Gasteiger partial charge in [-0.3, -0.25) is 19.7 Å². The van der Waals surface area contributed by atoms with E-state index in [4.69, 9.17) is 5.73 Å². The van der Waals surface area contributed by atoms with E-state index in [1.807, 2.05) is 0 Å². The lowest BCUT2D eigenvalue weighted by Gasteiger charge is -2.16. The van der Waals surface area contributed by atoms with Gasteiger partial charge in [0, 0.05) is 18.1 Å². The van der Waals surface area contributed by atoms with Crippen LogP contribution in [0.2, 0.25) is 0 Å². The normalized spacial score (nSPS) is 11.4. The fraction of sp³-hybridized carbons (Fsp3) is 0.167. The van der Waals surface area contributed by atoms with Gasteiger partial charge >= 0.3 is 11.7 Å². The van der Waals surface area contributed by atoms with Gasteiger partial charge in [0.2, 0.25) is 11.7 Å². The summed E-state index contributed by atoms with van der Waals surface area (Å²) in [6.45, 7) is 0. The third kappa shape index (κ3) is 4.87. The van der Waals surface area contributed by atoms with Crippen molar-refractivity contribution in [1.29, 1.82) is 0 Å². The summed E-state index contributed by atoms with van der Waals surface area (Å²) < 4.78 is 18.0. The number of rotatable bonds is 7. The number of carbonyl (C=O) groups excluding carboxylic acids is 3. The van der Waals surface area contributed by atoms with Crippen LogP contribution in [-0.4, -0.2) is 35.9 Å². The number of nitro groups is 1. The lowest BCUT2D eigenvalue weighted by atomic mass is 10.0. The number of primary amides is 1. The van der Waals surface area contributed by atoms with E-state index >= 15 is 0 Å². The Balaban J connectivity index is 2.21. The molecule has 10 heteroatoms. The topological polar surface area (TPSA) is 142 Å². The van der Waals surface area contributed by atoms with Crippen molar-refractivity contribution < 1.29 is 28.4 Å². The summed E-state index contributed by atoms with van der Waals surface area (Å²) in [5, 5.41) is 13.2. The highest BCUT2D eigenvalue weighted by molar-refractivity contribution is 5.99. The summed E-state index contributed by atoms with van der Waals surface area (Å²) in [6.07, 6.45) is -0.182. The molecule has 28 heavy (non-hydrogen) atoms. The number of hydrogen-bond acceptors (Lipinski definition) is 6. The molecule has 0 heterocycles. The second-order valence-corrected chi connectivity index (χ2v) is 5.75. The third-order valence-corrected chi connectivity index (χ3v) is 3.84. The van der Waals surface area contributed by atoms with Crippen LogP contribution in [0.25, 0.3) is 0 Å². The smallest absolute Gasteiger partial charge is 0.337 e. The molecule has 0 aromatic heterocycles. The third-order valence-electron chi connectivity index (χ3n) is 3.84. The minimum atomic E-state index is -1.21. The number of halogens is 1. The van der Waals surface area contributed by atoms with E-state index in [2.05, 4.69) is 10.1 Å². The van der Waals surface area contributed by atoms with Crippen molar-refractivity contribution >= 4 is 23.5 Å². The second kappa shape index (κ2) is 8.71. The molecule has 146 valence electrons. The summed E-state index contributed by atoms with van der Waals surface area (Å²) in [5.74, 6) is -3.23. The number of amides is 2. The van der Waals surface area contributed by atoms with Gasteiger partial charge in [0.15, 0.2) is 0 Å². The maximum Gasteiger partial charge on any atom is 0.337 e. The molecule has 0 radical (unpaired) electrons. The zero-order chi connectivity index (χ0) is 20.8. The van der Waals surface area contributed by atoms with Crippen LogP contribution in [0.3, 0.4) is 0 Å². The Labute approximate surface area is 158 Å².